The van der Waals surface area contributed by atoms with E-state index < -0.39 is 0 Å². The average Bonchev–Trinajstić information content (AvgIpc) is 2.39. The van der Waals surface area contributed by atoms with E-state index >= 15 is 0 Å². The molecule has 3 nitrogen and oxygen atoms in total. The minimum Gasteiger partial charge on any atom is -0.380 e. The molecule has 0 saturated carbocycles. The van der Waals surface area contributed by atoms with Crippen molar-refractivity contribution < 1.29 is 4.79 Å². The van der Waals surface area contributed by atoms with Gasteiger partial charge in [0.2, 0.25) is 0 Å². The topological polar surface area (TPSA) is 41.1 Å². The zero-order valence-electron chi connectivity index (χ0n) is 13.0. The second kappa shape index (κ2) is 6.00. The van der Waals surface area contributed by atoms with Crippen molar-refractivity contribution >= 4 is 17.3 Å². The Balaban J connectivity index is 2.05. The fraction of sp³-hybridized carbons (Fsp3) is 0.278. The number of benzene rings is 2. The summed E-state index contributed by atoms with van der Waals surface area (Å²) in [6.45, 7) is 8.31. The molecule has 0 aliphatic heterocycles. The summed E-state index contributed by atoms with van der Waals surface area (Å²) in [6.07, 6.45) is 0. The Labute approximate surface area is 126 Å². The maximum absolute atomic E-state index is 12.2. The highest BCUT2D eigenvalue weighted by molar-refractivity contribution is 6.04. The van der Waals surface area contributed by atoms with Crippen LogP contribution in [0.3, 0.4) is 0 Å². The van der Waals surface area contributed by atoms with E-state index in [9.17, 15) is 4.79 Å². The minimum absolute atomic E-state index is 0.0202. The van der Waals surface area contributed by atoms with Crippen LogP contribution in [0.5, 0.6) is 0 Å². The summed E-state index contributed by atoms with van der Waals surface area (Å²) in [5, 5.41) is 6.30. The van der Waals surface area contributed by atoms with E-state index in [1.165, 1.54) is 0 Å². The number of carbonyl (C=O) groups excluding carboxylic acids is 1. The van der Waals surface area contributed by atoms with Crippen molar-refractivity contribution in [3.8, 4) is 0 Å². The summed E-state index contributed by atoms with van der Waals surface area (Å²) >= 11 is 0. The molecular formula is C18H22N2O. The SMILES string of the molecule is Cc1cccc(C(=O)Nc2ccc(NC(C)(C)C)cc2)c1. The standard InChI is InChI=1S/C18H22N2O/c1-13-6-5-7-14(12-13)17(21)19-15-8-10-16(11-9-15)20-18(2,3)4/h5-12,20H,1-4H3,(H,19,21). The molecule has 0 heterocycles. The van der Waals surface area contributed by atoms with Crippen molar-refractivity contribution in [1.82, 2.24) is 0 Å². The molecule has 0 aromatic heterocycles. The molecule has 0 bridgehead atoms. The van der Waals surface area contributed by atoms with Crippen LogP contribution in [-0.2, 0) is 0 Å². The monoisotopic (exact) mass is 282 g/mol. The van der Waals surface area contributed by atoms with Gasteiger partial charge >= 0.3 is 0 Å². The molecule has 110 valence electrons. The van der Waals surface area contributed by atoms with Gasteiger partial charge in [-0.25, -0.2) is 0 Å². The molecule has 0 unspecified atom stereocenters. The lowest BCUT2D eigenvalue weighted by molar-refractivity contribution is 0.102. The predicted octanol–water partition coefficient (Wildman–Crippen LogP) is 4.46. The van der Waals surface area contributed by atoms with Crippen molar-refractivity contribution in [2.24, 2.45) is 0 Å². The van der Waals surface area contributed by atoms with Gasteiger partial charge in [0.25, 0.3) is 5.91 Å². The average molecular weight is 282 g/mol. The summed E-state index contributed by atoms with van der Waals surface area (Å²) in [5.74, 6) is -0.0877. The van der Waals surface area contributed by atoms with Gasteiger partial charge in [-0.05, 0) is 64.1 Å². The lowest BCUT2D eigenvalue weighted by Gasteiger charge is -2.22. The highest BCUT2D eigenvalue weighted by Gasteiger charge is 2.09. The number of aryl methyl sites for hydroxylation is 1. The van der Waals surface area contributed by atoms with Crippen LogP contribution in [0, 0.1) is 6.92 Å². The van der Waals surface area contributed by atoms with Crippen LogP contribution in [0.2, 0.25) is 0 Å². The fourth-order valence-electron chi connectivity index (χ4n) is 2.06. The van der Waals surface area contributed by atoms with E-state index in [0.29, 0.717) is 5.56 Å². The summed E-state index contributed by atoms with van der Waals surface area (Å²) in [5.41, 5.74) is 3.60. The molecule has 3 heteroatoms. The molecule has 21 heavy (non-hydrogen) atoms. The van der Waals surface area contributed by atoms with Crippen LogP contribution in [0.15, 0.2) is 48.5 Å². The number of nitrogens with one attached hydrogen (secondary N) is 2. The second-order valence-corrected chi connectivity index (χ2v) is 6.28. The van der Waals surface area contributed by atoms with Crippen LogP contribution < -0.4 is 10.6 Å². The van der Waals surface area contributed by atoms with Crippen LogP contribution >= 0.6 is 0 Å². The Bertz CT molecular complexity index is 624. The third kappa shape index (κ3) is 4.63. The predicted molar refractivity (Wildman–Crippen MR) is 88.9 cm³/mol. The zero-order chi connectivity index (χ0) is 15.5. The number of rotatable bonds is 3. The van der Waals surface area contributed by atoms with Gasteiger partial charge < -0.3 is 10.6 Å². The number of hydrogen-bond acceptors (Lipinski definition) is 2. The van der Waals surface area contributed by atoms with Crippen LogP contribution in [0.4, 0.5) is 11.4 Å². The lowest BCUT2D eigenvalue weighted by Crippen LogP contribution is -2.25. The van der Waals surface area contributed by atoms with Crippen molar-refractivity contribution in [2.75, 3.05) is 10.6 Å². The fourth-order valence-corrected chi connectivity index (χ4v) is 2.06. The smallest absolute Gasteiger partial charge is 0.255 e. The second-order valence-electron chi connectivity index (χ2n) is 6.28. The molecule has 0 spiro atoms. The molecule has 2 N–H and O–H groups in total. The quantitative estimate of drug-likeness (QED) is 0.872. The number of anilines is 2. The molecule has 2 aromatic carbocycles. The third-order valence-electron chi connectivity index (χ3n) is 2.94. The summed E-state index contributed by atoms with van der Waals surface area (Å²) < 4.78 is 0. The summed E-state index contributed by atoms with van der Waals surface area (Å²) in [4.78, 5) is 12.2. The van der Waals surface area contributed by atoms with E-state index in [1.807, 2.05) is 55.5 Å². The van der Waals surface area contributed by atoms with Crippen LogP contribution in [-0.4, -0.2) is 11.4 Å². The maximum atomic E-state index is 12.2. The normalized spacial score (nSPS) is 11.0. The number of carbonyl (C=O) groups is 1. The first-order valence-electron chi connectivity index (χ1n) is 7.10. The highest BCUT2D eigenvalue weighted by atomic mass is 16.1. The first-order valence-corrected chi connectivity index (χ1v) is 7.10. The van der Waals surface area contributed by atoms with Crippen molar-refractivity contribution in [3.63, 3.8) is 0 Å². The van der Waals surface area contributed by atoms with E-state index in [0.717, 1.165) is 16.9 Å². The van der Waals surface area contributed by atoms with Gasteiger partial charge in [-0.1, -0.05) is 17.7 Å². The van der Waals surface area contributed by atoms with Crippen molar-refractivity contribution in [3.05, 3.63) is 59.7 Å². The highest BCUT2D eigenvalue weighted by Crippen LogP contribution is 2.18. The Hall–Kier alpha value is -2.29. The Morgan fingerprint density at radius 2 is 1.57 bits per heavy atom. The molecule has 2 rings (SSSR count). The minimum atomic E-state index is -0.0877. The molecule has 0 aliphatic carbocycles. The molecule has 0 fully saturated rings. The summed E-state index contributed by atoms with van der Waals surface area (Å²) in [7, 11) is 0. The van der Waals surface area contributed by atoms with Crippen molar-refractivity contribution in [2.45, 2.75) is 33.2 Å². The maximum Gasteiger partial charge on any atom is 0.255 e. The van der Waals surface area contributed by atoms with Gasteiger partial charge in [-0.2, -0.15) is 0 Å². The molecule has 1 amide bonds. The zero-order valence-corrected chi connectivity index (χ0v) is 13.0. The first-order chi connectivity index (χ1) is 9.83. The van der Waals surface area contributed by atoms with Crippen molar-refractivity contribution in [1.29, 1.82) is 0 Å². The van der Waals surface area contributed by atoms with E-state index in [-0.39, 0.29) is 11.4 Å². The molecule has 2 aromatic rings. The van der Waals surface area contributed by atoms with Gasteiger partial charge in [0.1, 0.15) is 0 Å². The van der Waals surface area contributed by atoms with E-state index in [4.69, 9.17) is 0 Å². The third-order valence-corrected chi connectivity index (χ3v) is 2.94. The number of hydrogen-bond donors (Lipinski definition) is 2. The lowest BCUT2D eigenvalue weighted by atomic mass is 10.1. The molecule has 0 aliphatic rings. The Kier molecular flexibility index (Phi) is 4.32. The molecule has 0 saturated heterocycles. The molecule has 0 radical (unpaired) electrons. The van der Waals surface area contributed by atoms with Gasteiger partial charge in [-0.15, -0.1) is 0 Å². The summed E-state index contributed by atoms with van der Waals surface area (Å²) in [6, 6.07) is 15.3. The van der Waals surface area contributed by atoms with Gasteiger partial charge in [-0.3, -0.25) is 4.79 Å². The Morgan fingerprint density at radius 3 is 2.14 bits per heavy atom. The van der Waals surface area contributed by atoms with Gasteiger partial charge in [0.15, 0.2) is 0 Å². The van der Waals surface area contributed by atoms with E-state index in [2.05, 4.69) is 31.4 Å². The van der Waals surface area contributed by atoms with Crippen LogP contribution in [0.25, 0.3) is 0 Å². The first kappa shape index (κ1) is 15.1. The van der Waals surface area contributed by atoms with Gasteiger partial charge in [0, 0.05) is 22.5 Å². The molecular weight excluding hydrogens is 260 g/mol. The van der Waals surface area contributed by atoms with Gasteiger partial charge in [0.05, 0.1) is 0 Å². The largest absolute Gasteiger partial charge is 0.380 e. The Morgan fingerprint density at radius 1 is 0.952 bits per heavy atom. The molecule has 0 atom stereocenters. The van der Waals surface area contributed by atoms with E-state index in [1.54, 1.807) is 0 Å². The van der Waals surface area contributed by atoms with Crippen LogP contribution in [0.1, 0.15) is 36.7 Å². The number of amides is 1.